The molecule has 0 atom stereocenters. The Balaban J connectivity index is 0. The third-order valence-electron chi connectivity index (χ3n) is 2.26. The smallest absolute Gasteiger partial charge is 0.0210 e. The van der Waals surface area contributed by atoms with Crippen LogP contribution in [0.4, 0.5) is 0 Å². The second-order valence-electron chi connectivity index (χ2n) is 5.17. The van der Waals surface area contributed by atoms with E-state index in [4.69, 9.17) is 3.63 Å². The monoisotopic (exact) mass is 309 g/mol. The molecule has 0 unspecified atom stereocenters. The van der Waals surface area contributed by atoms with Crippen LogP contribution in [0.2, 0.25) is 0 Å². The van der Waals surface area contributed by atoms with E-state index >= 15 is 0 Å². The first kappa shape index (κ1) is 21.9. The molecule has 0 aromatic rings. The minimum Gasteiger partial charge on any atom is -0.312 e. The van der Waals surface area contributed by atoms with Gasteiger partial charge in [0.05, 0.1) is 0 Å². The molecule has 0 aliphatic rings. The lowest BCUT2D eigenvalue weighted by molar-refractivity contribution is 0.505. The topological polar surface area (TPSA) is 12.5 Å². The quantitative estimate of drug-likeness (QED) is 0.341. The van der Waals surface area contributed by atoms with Gasteiger partial charge in [-0.2, -0.15) is 0 Å². The molecule has 0 aromatic carbocycles. The maximum absolute atomic E-state index is 5.43. The molecule has 0 aromatic heterocycles. The van der Waals surface area contributed by atoms with Crippen molar-refractivity contribution in [1.29, 1.82) is 0 Å². The molecular formula is C15H35NOS2. The van der Waals surface area contributed by atoms with Crippen molar-refractivity contribution in [3.05, 3.63) is 0 Å². The predicted molar refractivity (Wildman–Crippen MR) is 93.9 cm³/mol. The molecule has 0 radical (unpaired) electrons. The van der Waals surface area contributed by atoms with Gasteiger partial charge in [0, 0.05) is 35.6 Å². The summed E-state index contributed by atoms with van der Waals surface area (Å²) in [6, 6.07) is 0. The zero-order valence-electron chi connectivity index (χ0n) is 13.7. The fourth-order valence-corrected chi connectivity index (χ4v) is 2.74. The van der Waals surface area contributed by atoms with Gasteiger partial charge >= 0.3 is 0 Å². The summed E-state index contributed by atoms with van der Waals surface area (Å²) in [5, 5.41) is 0. The third-order valence-corrected chi connectivity index (χ3v) is 3.94. The molecule has 0 saturated heterocycles. The number of hydrogen-bond donors (Lipinski definition) is 0. The highest BCUT2D eigenvalue weighted by atomic mass is 32.2. The summed E-state index contributed by atoms with van der Waals surface area (Å²) in [6.07, 6.45) is 10.7. The van der Waals surface area contributed by atoms with Crippen LogP contribution in [0.3, 0.4) is 0 Å². The van der Waals surface area contributed by atoms with Crippen LogP contribution in [0.25, 0.3) is 0 Å². The molecule has 0 aliphatic carbocycles. The lowest BCUT2D eigenvalue weighted by atomic mass is 10.2. The lowest BCUT2D eigenvalue weighted by Crippen LogP contribution is -1.99. The van der Waals surface area contributed by atoms with Gasteiger partial charge in [-0.1, -0.05) is 52.4 Å². The molecule has 19 heavy (non-hydrogen) atoms. The van der Waals surface area contributed by atoms with Gasteiger partial charge < -0.3 is 4.90 Å². The molecular weight excluding hydrogens is 274 g/mol. The summed E-state index contributed by atoms with van der Waals surface area (Å²) in [6.45, 7) is 4.49. The van der Waals surface area contributed by atoms with Crippen molar-refractivity contribution < 1.29 is 3.63 Å². The Morgan fingerprint density at radius 3 is 1.37 bits per heavy atom. The first-order chi connectivity index (χ1) is 9.15. The Labute approximate surface area is 130 Å². The molecule has 0 N–H and O–H groups in total. The fraction of sp³-hybridized carbons (Fsp3) is 1.00. The van der Waals surface area contributed by atoms with Crippen LogP contribution >= 0.6 is 24.1 Å². The molecule has 0 fully saturated rings. The van der Waals surface area contributed by atoms with Gasteiger partial charge in [-0.05, 0) is 34.0 Å². The van der Waals surface area contributed by atoms with E-state index in [2.05, 4.69) is 13.8 Å². The second kappa shape index (κ2) is 20.9. The van der Waals surface area contributed by atoms with Gasteiger partial charge in [-0.15, -0.1) is 0 Å². The number of hydrogen-bond acceptors (Lipinski definition) is 4. The summed E-state index contributed by atoms with van der Waals surface area (Å²) < 4.78 is 5.43. The second-order valence-corrected chi connectivity index (χ2v) is 7.01. The van der Waals surface area contributed by atoms with Gasteiger partial charge in [-0.3, -0.25) is 0 Å². The lowest BCUT2D eigenvalue weighted by Gasteiger charge is -2.01. The van der Waals surface area contributed by atoms with E-state index in [1.54, 1.807) is 24.1 Å². The molecule has 0 aliphatic heterocycles. The highest BCUT2D eigenvalue weighted by Crippen LogP contribution is 2.18. The van der Waals surface area contributed by atoms with Gasteiger partial charge in [-0.25, -0.2) is 3.63 Å². The third kappa shape index (κ3) is 32.3. The Morgan fingerprint density at radius 1 is 0.684 bits per heavy atom. The molecule has 0 heterocycles. The van der Waals surface area contributed by atoms with Crippen LogP contribution in [0.5, 0.6) is 0 Å². The number of unbranched alkanes of at least 4 members (excludes halogenated alkanes) is 6. The SMILES string of the molecule is CCCCCCSOSCCCCCC.CN(C)C. The van der Waals surface area contributed by atoms with E-state index in [9.17, 15) is 0 Å². The van der Waals surface area contributed by atoms with E-state index in [1.165, 1.54) is 51.4 Å². The van der Waals surface area contributed by atoms with Crippen molar-refractivity contribution in [3.8, 4) is 0 Å². The van der Waals surface area contributed by atoms with E-state index < -0.39 is 0 Å². The molecule has 4 heteroatoms. The van der Waals surface area contributed by atoms with Crippen LogP contribution in [-0.4, -0.2) is 37.5 Å². The predicted octanol–water partition coefficient (Wildman–Crippen LogP) is 5.64. The highest BCUT2D eigenvalue weighted by molar-refractivity contribution is 8.07. The summed E-state index contributed by atoms with van der Waals surface area (Å²) in [5.74, 6) is 2.31. The first-order valence-electron chi connectivity index (χ1n) is 7.67. The van der Waals surface area contributed by atoms with Crippen LogP contribution in [0.1, 0.15) is 65.2 Å². The minimum atomic E-state index is 1.15. The number of nitrogens with zero attached hydrogens (tertiary/aromatic N) is 1. The maximum atomic E-state index is 5.43. The van der Waals surface area contributed by atoms with Crippen molar-refractivity contribution in [1.82, 2.24) is 4.90 Å². The summed E-state index contributed by atoms with van der Waals surface area (Å²) in [5.41, 5.74) is 0. The Hall–Kier alpha value is 0.620. The van der Waals surface area contributed by atoms with Gasteiger partial charge in [0.15, 0.2) is 0 Å². The van der Waals surface area contributed by atoms with E-state index in [0.29, 0.717) is 0 Å². The van der Waals surface area contributed by atoms with Crippen LogP contribution < -0.4 is 0 Å². The van der Waals surface area contributed by atoms with E-state index in [0.717, 1.165) is 11.5 Å². The summed E-state index contributed by atoms with van der Waals surface area (Å²) in [7, 11) is 6.00. The van der Waals surface area contributed by atoms with Crippen molar-refractivity contribution >= 4 is 24.1 Å². The molecule has 118 valence electrons. The Bertz CT molecular complexity index is 131. The Morgan fingerprint density at radius 2 is 1.05 bits per heavy atom. The number of rotatable bonds is 12. The molecule has 0 spiro atoms. The molecule has 0 saturated carbocycles. The van der Waals surface area contributed by atoms with Gasteiger partial charge in [0.2, 0.25) is 0 Å². The van der Waals surface area contributed by atoms with Crippen LogP contribution in [-0.2, 0) is 3.63 Å². The average Bonchev–Trinajstić information content (AvgIpc) is 2.35. The van der Waals surface area contributed by atoms with E-state index in [1.807, 2.05) is 26.0 Å². The Kier molecular flexibility index (Phi) is 24.1. The van der Waals surface area contributed by atoms with Crippen molar-refractivity contribution in [3.63, 3.8) is 0 Å². The normalized spacial score (nSPS) is 10.4. The van der Waals surface area contributed by atoms with Crippen LogP contribution in [0, 0.1) is 0 Å². The molecule has 0 amide bonds. The average molecular weight is 310 g/mol. The van der Waals surface area contributed by atoms with Crippen LogP contribution in [0.15, 0.2) is 0 Å². The fourth-order valence-electron chi connectivity index (χ4n) is 1.28. The first-order valence-corrected chi connectivity index (χ1v) is 9.49. The van der Waals surface area contributed by atoms with Gasteiger partial charge in [0.25, 0.3) is 0 Å². The maximum Gasteiger partial charge on any atom is 0.0210 e. The summed E-state index contributed by atoms with van der Waals surface area (Å²) >= 11 is 3.26. The molecule has 2 nitrogen and oxygen atoms in total. The molecule has 0 bridgehead atoms. The van der Waals surface area contributed by atoms with Crippen molar-refractivity contribution in [2.75, 3.05) is 32.6 Å². The van der Waals surface area contributed by atoms with Gasteiger partial charge in [0.1, 0.15) is 0 Å². The summed E-state index contributed by atoms with van der Waals surface area (Å²) in [4.78, 5) is 2.00. The standard InChI is InChI=1S/C12H26OS2.C3H9N/c1-3-5-7-9-11-14-13-15-12-10-8-6-4-2;1-4(2)3/h3-12H2,1-2H3;1-3H3. The molecule has 0 rings (SSSR count). The largest absolute Gasteiger partial charge is 0.312 e. The highest BCUT2D eigenvalue weighted by Gasteiger charge is 1.93. The van der Waals surface area contributed by atoms with Crippen molar-refractivity contribution in [2.45, 2.75) is 65.2 Å². The zero-order valence-corrected chi connectivity index (χ0v) is 15.4. The van der Waals surface area contributed by atoms with Crippen molar-refractivity contribution in [2.24, 2.45) is 0 Å². The minimum absolute atomic E-state index is 1.15. The zero-order chi connectivity index (χ0) is 14.8. The van der Waals surface area contributed by atoms with E-state index in [-0.39, 0.29) is 0 Å².